The van der Waals surface area contributed by atoms with E-state index in [1.54, 1.807) is 0 Å². The summed E-state index contributed by atoms with van der Waals surface area (Å²) in [4.78, 5) is 5.31. The Bertz CT molecular complexity index is 4060. The minimum absolute atomic E-state index is 0.0107. The van der Waals surface area contributed by atoms with Crippen molar-refractivity contribution in [1.29, 1.82) is 0 Å². The highest BCUT2D eigenvalue weighted by Crippen LogP contribution is 2.53. The second-order valence-electron chi connectivity index (χ2n) is 21.2. The van der Waals surface area contributed by atoms with E-state index in [2.05, 4.69) is 239 Å². The van der Waals surface area contributed by atoms with Gasteiger partial charge in [-0.1, -0.05) is 187 Å². The third kappa shape index (κ3) is 5.47. The average molecular weight is 889 g/mol. The number of hydrogen-bond donors (Lipinski definition) is 0. The molecular formula is C64H49BN2S. The van der Waals surface area contributed by atoms with Gasteiger partial charge in [0.2, 0.25) is 0 Å². The van der Waals surface area contributed by atoms with Crippen molar-refractivity contribution in [2.75, 3.05) is 9.80 Å². The van der Waals surface area contributed by atoms with E-state index in [-0.39, 0.29) is 17.5 Å². The summed E-state index contributed by atoms with van der Waals surface area (Å²) in [5.74, 6) is 0. The van der Waals surface area contributed by atoms with Gasteiger partial charge < -0.3 is 9.80 Å². The lowest BCUT2D eigenvalue weighted by molar-refractivity contribution is 0.590. The fraction of sp³-hybridized carbons (Fsp3) is 0.125. The Hall–Kier alpha value is -7.40. The Morgan fingerprint density at radius 3 is 1.26 bits per heavy atom. The largest absolute Gasteiger partial charge is 0.311 e. The molecule has 1 aromatic heterocycles. The fourth-order valence-corrected chi connectivity index (χ4v) is 13.4. The minimum Gasteiger partial charge on any atom is -0.311 e. The van der Waals surface area contributed by atoms with Gasteiger partial charge in [0.1, 0.15) is 0 Å². The van der Waals surface area contributed by atoms with E-state index in [9.17, 15) is 0 Å². The predicted molar refractivity (Wildman–Crippen MR) is 298 cm³/mol. The second-order valence-corrected chi connectivity index (χ2v) is 22.3. The maximum Gasteiger partial charge on any atom is 0.264 e. The van der Waals surface area contributed by atoms with Crippen molar-refractivity contribution in [3.8, 4) is 0 Å². The van der Waals surface area contributed by atoms with Gasteiger partial charge in [0, 0.05) is 42.7 Å². The van der Waals surface area contributed by atoms with E-state index in [1.165, 1.54) is 136 Å². The zero-order valence-corrected chi connectivity index (χ0v) is 40.1. The zero-order chi connectivity index (χ0) is 45.8. The number of nitrogens with zero attached hydrogens (tertiary/aromatic N) is 2. The lowest BCUT2D eigenvalue weighted by atomic mass is 9.36. The first-order valence-corrected chi connectivity index (χ1v) is 24.9. The fourth-order valence-electron chi connectivity index (χ4n) is 12.1. The molecule has 11 aromatic carbocycles. The van der Waals surface area contributed by atoms with Crippen LogP contribution in [-0.4, -0.2) is 6.71 Å². The summed E-state index contributed by atoms with van der Waals surface area (Å²) < 4.78 is 2.72. The van der Waals surface area contributed by atoms with Crippen LogP contribution in [0.5, 0.6) is 0 Å². The van der Waals surface area contributed by atoms with Crippen LogP contribution in [0.3, 0.4) is 0 Å². The monoisotopic (exact) mass is 888 g/mol. The Morgan fingerprint density at radius 2 is 0.750 bits per heavy atom. The summed E-state index contributed by atoms with van der Waals surface area (Å²) in [6.45, 7) is 14.1. The molecular weight excluding hydrogens is 840 g/mol. The van der Waals surface area contributed by atoms with Crippen molar-refractivity contribution in [3.05, 3.63) is 199 Å². The number of thiophene rings is 1. The third-order valence-corrected chi connectivity index (χ3v) is 16.5. The molecule has 2 aliphatic heterocycles. The Morgan fingerprint density at radius 1 is 0.353 bits per heavy atom. The maximum atomic E-state index is 2.68. The molecule has 0 bridgehead atoms. The number of rotatable bonds is 2. The first-order valence-electron chi connectivity index (χ1n) is 24.1. The third-order valence-electron chi connectivity index (χ3n) is 15.3. The number of benzene rings is 11. The van der Waals surface area contributed by atoms with E-state index >= 15 is 0 Å². The summed E-state index contributed by atoms with van der Waals surface area (Å²) >= 11 is 1.99. The van der Waals surface area contributed by atoms with E-state index in [0.717, 1.165) is 0 Å². The first kappa shape index (κ1) is 39.7. The normalized spacial score (nSPS) is 13.6. The molecule has 2 nitrogen and oxygen atoms in total. The van der Waals surface area contributed by atoms with Crippen molar-refractivity contribution in [3.63, 3.8) is 0 Å². The zero-order valence-electron chi connectivity index (χ0n) is 39.3. The Labute approximate surface area is 401 Å². The van der Waals surface area contributed by atoms with Crippen LogP contribution in [-0.2, 0) is 10.8 Å². The van der Waals surface area contributed by atoms with Gasteiger partial charge in [-0.3, -0.25) is 0 Å². The Balaban J connectivity index is 1.15. The molecule has 0 amide bonds. The molecule has 0 radical (unpaired) electrons. The highest BCUT2D eigenvalue weighted by Gasteiger charge is 2.46. The molecule has 0 spiro atoms. The van der Waals surface area contributed by atoms with Crippen LogP contribution in [0, 0.1) is 0 Å². The van der Waals surface area contributed by atoms with Crippen LogP contribution in [0.1, 0.15) is 52.7 Å². The van der Waals surface area contributed by atoms with Crippen LogP contribution >= 0.6 is 11.3 Å². The van der Waals surface area contributed by atoms with Gasteiger partial charge in [-0.15, -0.1) is 11.3 Å². The van der Waals surface area contributed by atoms with Crippen molar-refractivity contribution < 1.29 is 0 Å². The van der Waals surface area contributed by atoms with Gasteiger partial charge in [-0.2, -0.15) is 0 Å². The van der Waals surface area contributed by atoms with E-state index in [4.69, 9.17) is 0 Å². The summed E-state index contributed by atoms with van der Waals surface area (Å²) in [5, 5.41) is 16.7. The van der Waals surface area contributed by atoms with Crippen LogP contribution in [0.25, 0.3) is 74.7 Å². The molecule has 4 heteroatoms. The van der Waals surface area contributed by atoms with Crippen molar-refractivity contribution >= 4 is 143 Å². The minimum atomic E-state index is -0.0493. The van der Waals surface area contributed by atoms with Gasteiger partial charge in [0.15, 0.2) is 0 Å². The predicted octanol–water partition coefficient (Wildman–Crippen LogP) is 16.5. The van der Waals surface area contributed by atoms with E-state index in [0.29, 0.717) is 0 Å². The number of hydrogen-bond acceptors (Lipinski definition) is 3. The SMILES string of the molecule is CC(C)(C)c1ccc2c(c1)B1c3sc4ccc(C(C)(C)C)cc4c3N(c3cccc4c5ccccc5c5ccccc5c34)c3cccc(c31)N2c1cccc2c3ccccc3c3ccccc3c12. The smallest absolute Gasteiger partial charge is 0.264 e. The maximum absolute atomic E-state index is 2.68. The van der Waals surface area contributed by atoms with Gasteiger partial charge in [0.25, 0.3) is 6.71 Å². The highest BCUT2D eigenvalue weighted by molar-refractivity contribution is 7.33. The topological polar surface area (TPSA) is 6.48 Å². The van der Waals surface area contributed by atoms with Crippen LogP contribution in [0.4, 0.5) is 34.1 Å². The van der Waals surface area contributed by atoms with E-state index in [1.807, 2.05) is 11.3 Å². The molecule has 3 heterocycles. The average Bonchev–Trinajstić information content (AvgIpc) is 3.74. The molecule has 12 aromatic rings. The first-order chi connectivity index (χ1) is 33.0. The second kappa shape index (κ2) is 14.1. The molecule has 2 aliphatic rings. The van der Waals surface area contributed by atoms with Crippen LogP contribution in [0.2, 0.25) is 0 Å². The van der Waals surface area contributed by atoms with Gasteiger partial charge >= 0.3 is 0 Å². The van der Waals surface area contributed by atoms with Gasteiger partial charge in [0.05, 0.1) is 17.1 Å². The van der Waals surface area contributed by atoms with Gasteiger partial charge in [-0.25, -0.2) is 0 Å². The molecule has 14 rings (SSSR count). The van der Waals surface area contributed by atoms with Gasteiger partial charge in [-0.05, 0) is 129 Å². The van der Waals surface area contributed by atoms with Crippen molar-refractivity contribution in [1.82, 2.24) is 0 Å². The molecule has 324 valence electrons. The number of anilines is 6. The molecule has 0 aliphatic carbocycles. The van der Waals surface area contributed by atoms with E-state index < -0.39 is 0 Å². The Kier molecular flexibility index (Phi) is 8.23. The molecule has 0 unspecified atom stereocenters. The van der Waals surface area contributed by atoms with Crippen molar-refractivity contribution in [2.45, 2.75) is 52.4 Å². The van der Waals surface area contributed by atoms with Crippen LogP contribution < -0.4 is 25.5 Å². The number of fused-ring (bicyclic) bond motifs is 18. The quantitative estimate of drug-likeness (QED) is 0.126. The lowest BCUT2D eigenvalue weighted by Crippen LogP contribution is -2.60. The molecule has 0 saturated carbocycles. The summed E-state index contributed by atoms with van der Waals surface area (Å²) in [6, 6.07) is 71.8. The summed E-state index contributed by atoms with van der Waals surface area (Å²) in [6.07, 6.45) is 0. The molecule has 0 fully saturated rings. The highest BCUT2D eigenvalue weighted by atomic mass is 32.1. The lowest BCUT2D eigenvalue weighted by Gasteiger charge is -2.44. The summed E-state index contributed by atoms with van der Waals surface area (Å²) in [7, 11) is 0. The molecule has 68 heavy (non-hydrogen) atoms. The van der Waals surface area contributed by atoms with Crippen LogP contribution in [0.15, 0.2) is 188 Å². The standard InChI is InChI=1S/C64H49BN2S/c1-63(2,3)38-33-35-57-50(36-38)61-62(68-57)65-51-37-39(64(4,5)6)32-34-52(51)66(53-28-15-26-48-44-20-9-7-18-40(44)42-22-11-13-24-46(42)58(48)53)55-30-17-31-56(60(55)65)67(61)54-29-16-27-49-45-21-10-8-19-41(45)43-23-12-14-25-47(43)59(49)54/h7-37H,1-6H3. The molecule has 0 atom stereocenters. The molecule has 0 saturated heterocycles. The molecule has 0 N–H and O–H groups in total. The van der Waals surface area contributed by atoms with Crippen molar-refractivity contribution in [2.24, 2.45) is 0 Å². The summed E-state index contributed by atoms with van der Waals surface area (Å²) in [5.41, 5.74) is 12.8.